The van der Waals surface area contributed by atoms with Gasteiger partial charge in [0.05, 0.1) is 6.61 Å². The second-order valence-electron chi connectivity index (χ2n) is 6.49. The Morgan fingerprint density at radius 2 is 1.85 bits per heavy atom. The van der Waals surface area contributed by atoms with Crippen molar-refractivity contribution >= 4 is 16.9 Å². The summed E-state index contributed by atoms with van der Waals surface area (Å²) in [6.07, 6.45) is 0. The van der Waals surface area contributed by atoms with Crippen LogP contribution in [-0.2, 0) is 9.53 Å². The van der Waals surface area contributed by atoms with E-state index in [1.807, 2.05) is 30.3 Å². The van der Waals surface area contributed by atoms with Crippen LogP contribution < -0.4 is 10.2 Å². The molecule has 0 fully saturated rings. The molecule has 0 aliphatic carbocycles. The molecule has 27 heavy (non-hydrogen) atoms. The molecule has 3 rings (SSSR count). The van der Waals surface area contributed by atoms with Gasteiger partial charge >= 0.3 is 5.97 Å². The van der Waals surface area contributed by atoms with Crippen molar-refractivity contribution in [2.45, 2.75) is 26.4 Å². The van der Waals surface area contributed by atoms with E-state index in [1.165, 1.54) is 18.2 Å². The summed E-state index contributed by atoms with van der Waals surface area (Å²) in [5, 5.41) is 10.3. The van der Waals surface area contributed by atoms with Gasteiger partial charge in [0.15, 0.2) is 11.0 Å². The van der Waals surface area contributed by atoms with E-state index in [1.54, 1.807) is 20.8 Å². The van der Waals surface area contributed by atoms with E-state index in [0.717, 1.165) is 5.56 Å². The van der Waals surface area contributed by atoms with Crippen LogP contribution in [0.5, 0.6) is 11.5 Å². The Morgan fingerprint density at radius 1 is 1.15 bits per heavy atom. The minimum Gasteiger partial charge on any atom is -0.507 e. The minimum absolute atomic E-state index is 0.0518. The Bertz CT molecular complexity index is 1030. The van der Waals surface area contributed by atoms with Crippen molar-refractivity contribution in [2.75, 3.05) is 6.61 Å². The molecule has 3 aromatic rings. The molecule has 1 N–H and O–H groups in total. The predicted molar refractivity (Wildman–Crippen MR) is 101 cm³/mol. The summed E-state index contributed by atoms with van der Waals surface area (Å²) in [7, 11) is 0. The zero-order valence-electron chi connectivity index (χ0n) is 15.3. The molecule has 0 amide bonds. The number of esters is 1. The van der Waals surface area contributed by atoms with Crippen LogP contribution in [0.3, 0.4) is 0 Å². The van der Waals surface area contributed by atoms with Gasteiger partial charge in [-0.15, -0.1) is 0 Å². The van der Waals surface area contributed by atoms with Crippen molar-refractivity contribution in [2.24, 2.45) is 0 Å². The Balaban J connectivity index is 2.07. The Kier molecular flexibility index (Phi) is 4.90. The molecule has 0 saturated carbocycles. The van der Waals surface area contributed by atoms with Gasteiger partial charge in [-0.1, -0.05) is 30.3 Å². The first kappa shape index (κ1) is 18.5. The van der Waals surface area contributed by atoms with Crippen molar-refractivity contribution in [3.63, 3.8) is 0 Å². The number of hydrogen-bond donors (Lipinski definition) is 1. The van der Waals surface area contributed by atoms with Gasteiger partial charge in [-0.25, -0.2) is 4.79 Å². The SMILES string of the molecule is CCOC(=O)C(C)(C)Oc1cc(O)c2c(=O)cc(-c3ccccc3)oc2c1. The number of benzene rings is 2. The summed E-state index contributed by atoms with van der Waals surface area (Å²) in [6, 6.07) is 13.2. The smallest absolute Gasteiger partial charge is 0.349 e. The Morgan fingerprint density at radius 3 is 2.52 bits per heavy atom. The first-order chi connectivity index (χ1) is 12.8. The van der Waals surface area contributed by atoms with E-state index >= 15 is 0 Å². The molecule has 0 atom stereocenters. The molecule has 1 heterocycles. The summed E-state index contributed by atoms with van der Waals surface area (Å²) in [5.74, 6) is -0.264. The maximum absolute atomic E-state index is 12.4. The van der Waals surface area contributed by atoms with E-state index in [4.69, 9.17) is 13.9 Å². The number of hydrogen-bond acceptors (Lipinski definition) is 6. The van der Waals surface area contributed by atoms with E-state index in [2.05, 4.69) is 0 Å². The molecular weight excluding hydrogens is 348 g/mol. The third-order valence-corrected chi connectivity index (χ3v) is 3.98. The van der Waals surface area contributed by atoms with Crippen LogP contribution in [0.15, 0.2) is 57.7 Å². The fourth-order valence-electron chi connectivity index (χ4n) is 2.69. The number of fused-ring (bicyclic) bond motifs is 1. The maximum atomic E-state index is 12.4. The first-order valence-corrected chi connectivity index (χ1v) is 8.54. The van der Waals surface area contributed by atoms with Gasteiger partial charge in [0.2, 0.25) is 0 Å². The monoisotopic (exact) mass is 368 g/mol. The molecule has 0 spiro atoms. The van der Waals surface area contributed by atoms with E-state index in [-0.39, 0.29) is 34.5 Å². The molecule has 0 bridgehead atoms. The number of rotatable bonds is 5. The number of carbonyl (C=O) groups excluding carboxylic acids is 1. The van der Waals surface area contributed by atoms with Crippen molar-refractivity contribution in [1.29, 1.82) is 0 Å². The van der Waals surface area contributed by atoms with Gasteiger partial charge in [-0.3, -0.25) is 4.79 Å². The normalized spacial score (nSPS) is 11.4. The third kappa shape index (κ3) is 3.79. The lowest BCUT2D eigenvalue weighted by atomic mass is 10.1. The predicted octanol–water partition coefficient (Wildman–Crippen LogP) is 3.89. The van der Waals surface area contributed by atoms with Crippen LogP contribution in [-0.4, -0.2) is 23.3 Å². The fraction of sp³-hybridized carbons (Fsp3) is 0.238. The standard InChI is InChI=1S/C21H20O6/c1-4-25-20(24)21(2,3)27-14-10-15(22)19-16(23)12-17(26-18(19)11-14)13-8-6-5-7-9-13/h5-12,22H,4H2,1-3H3. The van der Waals surface area contributed by atoms with Gasteiger partial charge in [0.25, 0.3) is 0 Å². The van der Waals surface area contributed by atoms with Crippen molar-refractivity contribution in [1.82, 2.24) is 0 Å². The second kappa shape index (κ2) is 7.15. The highest BCUT2D eigenvalue weighted by Crippen LogP contribution is 2.32. The average molecular weight is 368 g/mol. The topological polar surface area (TPSA) is 86.0 Å². The van der Waals surface area contributed by atoms with E-state index in [9.17, 15) is 14.7 Å². The maximum Gasteiger partial charge on any atom is 0.349 e. The number of carbonyl (C=O) groups is 1. The van der Waals surface area contributed by atoms with Crippen molar-refractivity contribution in [3.05, 3.63) is 58.8 Å². The van der Waals surface area contributed by atoms with Crippen molar-refractivity contribution < 1.29 is 23.8 Å². The van der Waals surface area contributed by atoms with Crippen LogP contribution in [0.25, 0.3) is 22.3 Å². The highest BCUT2D eigenvalue weighted by Gasteiger charge is 2.32. The van der Waals surface area contributed by atoms with Crippen LogP contribution in [0.1, 0.15) is 20.8 Å². The number of phenols is 1. The lowest BCUT2D eigenvalue weighted by Gasteiger charge is -2.24. The summed E-state index contributed by atoms with van der Waals surface area (Å²) in [5.41, 5.74) is -0.748. The fourth-order valence-corrected chi connectivity index (χ4v) is 2.69. The molecule has 0 aliphatic heterocycles. The third-order valence-electron chi connectivity index (χ3n) is 3.98. The Hall–Kier alpha value is -3.28. The van der Waals surface area contributed by atoms with Gasteiger partial charge in [-0.2, -0.15) is 0 Å². The van der Waals surface area contributed by atoms with Crippen LogP contribution in [0.4, 0.5) is 0 Å². The number of phenolic OH excluding ortho intramolecular Hbond substituents is 1. The molecule has 140 valence electrons. The molecule has 0 saturated heterocycles. The van der Waals surface area contributed by atoms with Gasteiger partial charge in [0, 0.05) is 23.8 Å². The highest BCUT2D eigenvalue weighted by molar-refractivity contribution is 5.86. The molecule has 6 nitrogen and oxygen atoms in total. The largest absolute Gasteiger partial charge is 0.507 e. The number of ether oxygens (including phenoxy) is 2. The quantitative estimate of drug-likeness (QED) is 0.688. The zero-order chi connectivity index (χ0) is 19.6. The van der Waals surface area contributed by atoms with Crippen LogP contribution >= 0.6 is 0 Å². The molecule has 1 aromatic heterocycles. The lowest BCUT2D eigenvalue weighted by molar-refractivity contribution is -0.158. The molecule has 0 unspecified atom stereocenters. The molecule has 0 aliphatic rings. The van der Waals surface area contributed by atoms with Crippen LogP contribution in [0.2, 0.25) is 0 Å². The summed E-state index contributed by atoms with van der Waals surface area (Å²) in [6.45, 7) is 5.05. The van der Waals surface area contributed by atoms with Gasteiger partial charge < -0.3 is 19.0 Å². The molecular formula is C21H20O6. The molecule has 2 aromatic carbocycles. The average Bonchev–Trinajstić information content (AvgIpc) is 2.61. The lowest BCUT2D eigenvalue weighted by Crippen LogP contribution is -2.39. The number of aromatic hydroxyl groups is 1. The van der Waals surface area contributed by atoms with Crippen LogP contribution in [0, 0.1) is 0 Å². The highest BCUT2D eigenvalue weighted by atomic mass is 16.6. The Labute approximate surface area is 156 Å². The van der Waals surface area contributed by atoms with E-state index in [0.29, 0.717) is 5.76 Å². The van der Waals surface area contributed by atoms with E-state index < -0.39 is 11.6 Å². The zero-order valence-corrected chi connectivity index (χ0v) is 15.3. The minimum atomic E-state index is -1.27. The van der Waals surface area contributed by atoms with Gasteiger partial charge in [0.1, 0.15) is 28.2 Å². The summed E-state index contributed by atoms with van der Waals surface area (Å²) < 4.78 is 16.5. The van der Waals surface area contributed by atoms with Gasteiger partial charge in [-0.05, 0) is 20.8 Å². The first-order valence-electron chi connectivity index (χ1n) is 8.54. The molecule has 0 radical (unpaired) electrons. The van der Waals surface area contributed by atoms with Crippen molar-refractivity contribution in [3.8, 4) is 22.8 Å². The summed E-state index contributed by atoms with van der Waals surface area (Å²) in [4.78, 5) is 24.5. The summed E-state index contributed by atoms with van der Waals surface area (Å²) >= 11 is 0. The molecule has 6 heteroatoms. The second-order valence-corrected chi connectivity index (χ2v) is 6.49.